The van der Waals surface area contributed by atoms with Crippen LogP contribution < -0.4 is 0 Å². The maximum Gasteiger partial charge on any atom is 0.460 e. The summed E-state index contributed by atoms with van der Waals surface area (Å²) in [5.74, 6) is -75.7. The molecule has 6 aromatic rings. The summed E-state index contributed by atoms with van der Waals surface area (Å²) in [4.78, 5) is -2.42. The molecule has 0 radical (unpaired) electrons. The summed E-state index contributed by atoms with van der Waals surface area (Å²) in [6.45, 7) is 0. The minimum Gasteiger partial charge on any atom is -0.193 e. The fourth-order valence-corrected chi connectivity index (χ4v) is 12.0. The second-order valence-corrected chi connectivity index (χ2v) is 20.2. The van der Waals surface area contributed by atoms with Crippen LogP contribution in [0.5, 0.6) is 0 Å². The number of halogens is 26. The predicted octanol–water partition coefficient (Wildman–Crippen LogP) is 18.8. The SMILES string of the molecule is FC(F)(F)C(F)(F)C(F)(F)C(F)(F)C(F)(F)C(F)(F)c1ccc(-c2ccc(-c3ccc(-c4ccc(-c5ccc(-c6ccc(C(F)(F)C(F)(F)C(F)(F)C(F)(F)C(F)(F)C(F)(F)F)s6)s5)s4)s3)s2)s1. The van der Waals surface area contributed by atoms with Crippen molar-refractivity contribution in [3.8, 4) is 48.8 Å². The zero-order valence-electron chi connectivity index (χ0n) is 31.2. The monoisotopic (exact) mass is 1130 g/mol. The van der Waals surface area contributed by atoms with Crippen LogP contribution in [0.15, 0.2) is 72.8 Å². The van der Waals surface area contributed by atoms with Crippen molar-refractivity contribution in [3.05, 3.63) is 82.6 Å². The average molecular weight is 1130 g/mol. The molecule has 0 aromatic carbocycles. The van der Waals surface area contributed by atoms with E-state index >= 15 is 0 Å². The highest BCUT2D eigenvalue weighted by Crippen LogP contribution is 2.65. The van der Waals surface area contributed by atoms with E-state index in [4.69, 9.17) is 0 Å². The van der Waals surface area contributed by atoms with E-state index in [2.05, 4.69) is 0 Å². The van der Waals surface area contributed by atoms with E-state index in [0.717, 1.165) is 45.3 Å². The summed E-state index contributed by atoms with van der Waals surface area (Å²) >= 11 is 2.92. The molecule has 6 heterocycles. The molecule has 0 spiro atoms. The van der Waals surface area contributed by atoms with Crippen molar-refractivity contribution >= 4 is 68.0 Å². The summed E-state index contributed by atoms with van der Waals surface area (Å²) in [6.07, 6.45) is -15.1. The normalized spacial score (nSPS) is 14.9. The van der Waals surface area contributed by atoms with Crippen LogP contribution in [0.4, 0.5) is 114 Å². The first kappa shape index (κ1) is 53.7. The number of alkyl halides is 26. The van der Waals surface area contributed by atoms with Crippen LogP contribution in [-0.2, 0) is 11.8 Å². The number of rotatable bonds is 15. The third kappa shape index (κ3) is 7.91. The van der Waals surface area contributed by atoms with Gasteiger partial charge in [0.05, 0.1) is 9.75 Å². The molecule has 32 heteroatoms. The van der Waals surface area contributed by atoms with E-state index in [1.807, 2.05) is 0 Å². The Kier molecular flexibility index (Phi) is 13.0. The number of thiophene rings is 6. The Bertz CT molecular complexity index is 2580. The highest BCUT2D eigenvalue weighted by atomic mass is 32.1. The third-order valence-electron chi connectivity index (χ3n) is 9.34. The molecule has 0 amide bonds. The zero-order chi connectivity index (χ0) is 51.7. The van der Waals surface area contributed by atoms with Gasteiger partial charge in [-0.15, -0.1) is 68.0 Å². The van der Waals surface area contributed by atoms with Crippen LogP contribution in [0.1, 0.15) is 9.75 Å². The minimum absolute atomic E-state index is 0.0294. The molecular weight excluding hydrogens is 1120 g/mol. The van der Waals surface area contributed by atoms with Crippen LogP contribution in [0.2, 0.25) is 0 Å². The largest absolute Gasteiger partial charge is 0.460 e. The van der Waals surface area contributed by atoms with E-state index in [-0.39, 0.29) is 31.6 Å². The summed E-state index contributed by atoms with van der Waals surface area (Å²) in [5, 5.41) is 0. The van der Waals surface area contributed by atoms with Crippen LogP contribution in [0.25, 0.3) is 48.8 Å². The lowest BCUT2D eigenvalue weighted by atomic mass is 9.93. The first-order chi connectivity index (χ1) is 30.5. The van der Waals surface area contributed by atoms with Crippen molar-refractivity contribution < 1.29 is 114 Å². The molecule has 6 aromatic heterocycles. The highest BCUT2D eigenvalue weighted by Gasteiger charge is 2.92. The molecule has 0 saturated heterocycles. The lowest BCUT2D eigenvalue weighted by molar-refractivity contribution is -0.441. The van der Waals surface area contributed by atoms with E-state index in [1.165, 1.54) is 36.4 Å². The molecule has 0 fully saturated rings. The predicted molar refractivity (Wildman–Crippen MR) is 200 cm³/mol. The molecule has 0 unspecified atom stereocenters. The molecule has 0 aliphatic rings. The Labute approximate surface area is 383 Å². The maximum atomic E-state index is 14.8. The summed E-state index contributed by atoms with van der Waals surface area (Å²) < 4.78 is 356. The summed E-state index contributed by atoms with van der Waals surface area (Å²) in [5.41, 5.74) is 0. The van der Waals surface area contributed by atoms with Gasteiger partial charge in [-0.25, -0.2) is 0 Å². The molecule has 0 atom stereocenters. The zero-order valence-corrected chi connectivity index (χ0v) is 36.1. The van der Waals surface area contributed by atoms with Gasteiger partial charge in [-0.2, -0.15) is 114 Å². The van der Waals surface area contributed by atoms with Gasteiger partial charge >= 0.3 is 71.6 Å². The maximum absolute atomic E-state index is 14.8. The van der Waals surface area contributed by atoms with Crippen molar-refractivity contribution in [2.75, 3.05) is 0 Å². The van der Waals surface area contributed by atoms with Crippen LogP contribution >= 0.6 is 68.0 Å². The lowest BCUT2D eigenvalue weighted by Crippen LogP contribution is -2.69. The van der Waals surface area contributed by atoms with Crippen molar-refractivity contribution in [1.29, 1.82) is 0 Å². The number of hydrogen-bond acceptors (Lipinski definition) is 6. The van der Waals surface area contributed by atoms with Crippen LogP contribution in [-0.4, -0.2) is 59.7 Å². The van der Waals surface area contributed by atoms with Gasteiger partial charge in [0.2, 0.25) is 0 Å². The van der Waals surface area contributed by atoms with Gasteiger partial charge in [0.25, 0.3) is 0 Å². The van der Waals surface area contributed by atoms with Gasteiger partial charge in [-0.3, -0.25) is 0 Å². The van der Waals surface area contributed by atoms with Gasteiger partial charge in [0.15, 0.2) is 0 Å². The van der Waals surface area contributed by atoms with Crippen molar-refractivity contribution in [3.63, 3.8) is 0 Å². The first-order valence-corrected chi connectivity index (χ1v) is 22.0. The van der Waals surface area contributed by atoms with E-state index in [1.54, 1.807) is 12.1 Å². The molecule has 68 heavy (non-hydrogen) atoms. The Balaban J connectivity index is 1.17. The van der Waals surface area contributed by atoms with Crippen molar-refractivity contribution in [1.82, 2.24) is 0 Å². The van der Waals surface area contributed by atoms with Gasteiger partial charge in [-0.1, -0.05) is 0 Å². The van der Waals surface area contributed by atoms with Gasteiger partial charge in [0.1, 0.15) is 0 Å². The van der Waals surface area contributed by atoms with Crippen molar-refractivity contribution in [2.24, 2.45) is 0 Å². The molecule has 0 N–H and O–H groups in total. The molecule has 0 bridgehead atoms. The summed E-state index contributed by atoms with van der Waals surface area (Å²) in [6, 6.07) is 12.7. The standard InChI is InChI=1S/C36H12F26S6/c37-25(38,27(41,42)29(45,46)31(49,50)33(53,54)35(57,58)59)23-11-9-21(67-23)19-7-5-17(65-19)15-3-1-13(63-15)14-2-4-16(64-14)18-6-8-20(66-18)22-10-12-24(68-22)26(39,40)28(43,44)30(47,48)32(51,52)34(55,56)36(60,61)62/h1-12H. The Morgan fingerprint density at radius 1 is 0.191 bits per heavy atom. The quantitative estimate of drug-likeness (QED) is 0.0899. The van der Waals surface area contributed by atoms with E-state index < -0.39 is 104 Å². The molecule has 0 saturated carbocycles. The Morgan fingerprint density at radius 3 is 0.544 bits per heavy atom. The second-order valence-electron chi connectivity index (χ2n) is 13.7. The van der Waals surface area contributed by atoms with Crippen LogP contribution in [0, 0.1) is 0 Å². The molecule has 0 aliphatic heterocycles. The first-order valence-electron chi connectivity index (χ1n) is 17.1. The number of hydrogen-bond donors (Lipinski definition) is 0. The second kappa shape index (κ2) is 16.5. The molecular formula is C36H12F26S6. The fourth-order valence-electron chi connectivity index (χ4n) is 5.54. The lowest BCUT2D eigenvalue weighted by Gasteiger charge is -2.39. The Morgan fingerprint density at radius 2 is 0.353 bits per heavy atom. The Hall–Kier alpha value is -3.62. The van der Waals surface area contributed by atoms with E-state index in [9.17, 15) is 114 Å². The molecule has 6 rings (SSSR count). The molecule has 374 valence electrons. The third-order valence-corrected chi connectivity index (χ3v) is 17.0. The highest BCUT2D eigenvalue weighted by molar-refractivity contribution is 7.30. The van der Waals surface area contributed by atoms with Crippen LogP contribution in [0.3, 0.4) is 0 Å². The van der Waals surface area contributed by atoms with E-state index in [0.29, 0.717) is 41.4 Å². The van der Waals surface area contributed by atoms with Gasteiger partial charge in [-0.05, 0) is 72.8 Å². The fraction of sp³-hybridized carbons (Fsp3) is 0.333. The van der Waals surface area contributed by atoms with Gasteiger partial charge in [0, 0.05) is 48.8 Å². The molecule has 0 aliphatic carbocycles. The smallest absolute Gasteiger partial charge is 0.193 e. The van der Waals surface area contributed by atoms with Gasteiger partial charge < -0.3 is 0 Å². The molecule has 0 nitrogen and oxygen atoms in total. The average Bonchev–Trinajstić information content (AvgIpc) is 4.06. The van der Waals surface area contributed by atoms with Crippen molar-refractivity contribution in [2.45, 2.75) is 71.6 Å². The topological polar surface area (TPSA) is 0 Å². The summed E-state index contributed by atoms with van der Waals surface area (Å²) in [7, 11) is 0. The minimum atomic E-state index is -8.06.